The van der Waals surface area contributed by atoms with Crippen molar-refractivity contribution in [2.24, 2.45) is 4.99 Å². The third kappa shape index (κ3) is 6.15. The van der Waals surface area contributed by atoms with Gasteiger partial charge in [-0.05, 0) is 38.0 Å². The number of thiazole rings is 1. The van der Waals surface area contributed by atoms with E-state index in [-0.39, 0.29) is 5.91 Å². The van der Waals surface area contributed by atoms with Gasteiger partial charge in [-0.15, -0.1) is 11.3 Å². The molecule has 1 aromatic carbocycles. The molecule has 0 spiro atoms. The van der Waals surface area contributed by atoms with E-state index < -0.39 is 0 Å². The number of nitrogens with one attached hydrogen (secondary N) is 3. The number of carbonyl (C=O) groups is 1. The van der Waals surface area contributed by atoms with Crippen LogP contribution in [0, 0.1) is 0 Å². The molecule has 0 fully saturated rings. The highest BCUT2D eigenvalue weighted by Gasteiger charge is 2.06. The molecular formula is C19H27N5OS. The Labute approximate surface area is 159 Å². The van der Waals surface area contributed by atoms with Gasteiger partial charge in [-0.2, -0.15) is 0 Å². The van der Waals surface area contributed by atoms with Crippen molar-refractivity contribution in [3.63, 3.8) is 0 Å². The molecule has 0 radical (unpaired) electrons. The first kappa shape index (κ1) is 19.9. The van der Waals surface area contributed by atoms with Crippen molar-refractivity contribution in [3.05, 3.63) is 51.5 Å². The smallest absolute Gasteiger partial charge is 0.251 e. The predicted octanol–water partition coefficient (Wildman–Crippen LogP) is 2.71. The molecule has 2 rings (SSSR count). The first-order valence-corrected chi connectivity index (χ1v) is 9.80. The van der Waals surface area contributed by atoms with Crippen LogP contribution in [-0.4, -0.2) is 29.9 Å². The number of benzene rings is 1. The van der Waals surface area contributed by atoms with Crippen LogP contribution in [0.25, 0.3) is 0 Å². The molecule has 1 heterocycles. The number of aromatic nitrogens is 1. The lowest BCUT2D eigenvalue weighted by atomic mass is 10.1. The van der Waals surface area contributed by atoms with Crippen LogP contribution in [0.15, 0.2) is 35.5 Å². The minimum atomic E-state index is -0.0566. The highest BCUT2D eigenvalue weighted by molar-refractivity contribution is 7.11. The predicted molar refractivity (Wildman–Crippen MR) is 108 cm³/mol. The van der Waals surface area contributed by atoms with E-state index in [0.29, 0.717) is 25.2 Å². The molecule has 0 saturated carbocycles. The second-order valence-electron chi connectivity index (χ2n) is 5.68. The number of nitrogens with zero attached hydrogens (tertiary/aromatic N) is 2. The number of aliphatic imine (C=N–C) groups is 1. The van der Waals surface area contributed by atoms with E-state index in [0.717, 1.165) is 29.5 Å². The first-order chi connectivity index (χ1) is 12.7. The molecule has 2 aromatic rings. The fourth-order valence-electron chi connectivity index (χ4n) is 2.34. The topological polar surface area (TPSA) is 78.4 Å². The van der Waals surface area contributed by atoms with E-state index in [2.05, 4.69) is 32.9 Å². The molecule has 26 heavy (non-hydrogen) atoms. The number of guanidine groups is 1. The SMILES string of the molecule is CCNC(=O)c1cccc(CN=C(NCC)NCc2ncc(CC)s2)c1. The second kappa shape index (κ2) is 10.6. The van der Waals surface area contributed by atoms with Crippen LogP contribution in [-0.2, 0) is 19.5 Å². The van der Waals surface area contributed by atoms with Gasteiger partial charge in [0.25, 0.3) is 5.91 Å². The molecule has 1 amide bonds. The van der Waals surface area contributed by atoms with Crippen LogP contribution >= 0.6 is 11.3 Å². The van der Waals surface area contributed by atoms with E-state index in [4.69, 9.17) is 0 Å². The van der Waals surface area contributed by atoms with Gasteiger partial charge in [-0.3, -0.25) is 4.79 Å². The molecule has 0 bridgehead atoms. The summed E-state index contributed by atoms with van der Waals surface area (Å²) in [5.74, 6) is 0.683. The third-order valence-corrected chi connectivity index (χ3v) is 4.79. The quantitative estimate of drug-likeness (QED) is 0.491. The van der Waals surface area contributed by atoms with Crippen molar-refractivity contribution in [3.8, 4) is 0 Å². The molecule has 0 unspecified atom stereocenters. The van der Waals surface area contributed by atoms with Crippen molar-refractivity contribution >= 4 is 23.2 Å². The maximum atomic E-state index is 11.9. The molecule has 0 saturated heterocycles. The van der Waals surface area contributed by atoms with E-state index in [1.165, 1.54) is 4.88 Å². The maximum absolute atomic E-state index is 11.9. The zero-order valence-electron chi connectivity index (χ0n) is 15.6. The lowest BCUT2D eigenvalue weighted by Crippen LogP contribution is -2.36. The summed E-state index contributed by atoms with van der Waals surface area (Å²) >= 11 is 1.72. The van der Waals surface area contributed by atoms with Gasteiger partial charge in [0.1, 0.15) is 5.01 Å². The van der Waals surface area contributed by atoms with Gasteiger partial charge in [0.2, 0.25) is 0 Å². The van der Waals surface area contributed by atoms with Crippen molar-refractivity contribution < 1.29 is 4.79 Å². The minimum absolute atomic E-state index is 0.0566. The normalized spacial score (nSPS) is 11.3. The summed E-state index contributed by atoms with van der Waals surface area (Å²) in [6.07, 6.45) is 2.94. The number of carbonyl (C=O) groups excluding carboxylic acids is 1. The van der Waals surface area contributed by atoms with Crippen LogP contribution in [0.1, 0.15) is 46.6 Å². The molecule has 7 heteroatoms. The van der Waals surface area contributed by atoms with Crippen LogP contribution in [0.5, 0.6) is 0 Å². The number of rotatable bonds is 8. The van der Waals surface area contributed by atoms with Gasteiger partial charge in [0.15, 0.2) is 5.96 Å². The number of hydrogen-bond acceptors (Lipinski definition) is 4. The Morgan fingerprint density at radius 2 is 1.96 bits per heavy atom. The highest BCUT2D eigenvalue weighted by Crippen LogP contribution is 2.12. The summed E-state index contributed by atoms with van der Waals surface area (Å²) in [6, 6.07) is 7.56. The average Bonchev–Trinajstić information content (AvgIpc) is 3.12. The molecule has 1 aromatic heterocycles. The van der Waals surface area contributed by atoms with Gasteiger partial charge in [-0.25, -0.2) is 9.98 Å². The van der Waals surface area contributed by atoms with E-state index in [1.54, 1.807) is 11.3 Å². The molecule has 0 aliphatic rings. The second-order valence-corrected chi connectivity index (χ2v) is 6.88. The third-order valence-electron chi connectivity index (χ3n) is 3.65. The van der Waals surface area contributed by atoms with E-state index >= 15 is 0 Å². The summed E-state index contributed by atoms with van der Waals surface area (Å²) in [4.78, 5) is 22.3. The maximum Gasteiger partial charge on any atom is 0.251 e. The molecule has 140 valence electrons. The minimum Gasteiger partial charge on any atom is -0.357 e. The largest absolute Gasteiger partial charge is 0.357 e. The highest BCUT2D eigenvalue weighted by atomic mass is 32.1. The van der Waals surface area contributed by atoms with Gasteiger partial charge in [0.05, 0.1) is 13.1 Å². The molecule has 6 nitrogen and oxygen atoms in total. The summed E-state index contributed by atoms with van der Waals surface area (Å²) in [7, 11) is 0. The monoisotopic (exact) mass is 373 g/mol. The Bertz CT molecular complexity index is 741. The zero-order chi connectivity index (χ0) is 18.8. The standard InChI is InChI=1S/C19H27N5OS/c1-4-16-12-22-17(26-16)13-24-19(21-6-3)23-11-14-8-7-9-15(10-14)18(25)20-5-2/h7-10,12H,4-6,11,13H2,1-3H3,(H,20,25)(H2,21,23,24). The number of aryl methyl sites for hydroxylation is 1. The number of amides is 1. The molecule has 3 N–H and O–H groups in total. The van der Waals surface area contributed by atoms with Crippen LogP contribution in [0.4, 0.5) is 0 Å². The lowest BCUT2D eigenvalue weighted by Gasteiger charge is -2.10. The molecule has 0 atom stereocenters. The lowest BCUT2D eigenvalue weighted by molar-refractivity contribution is 0.0955. The average molecular weight is 374 g/mol. The van der Waals surface area contributed by atoms with Crippen molar-refractivity contribution in [2.45, 2.75) is 40.3 Å². The van der Waals surface area contributed by atoms with Crippen molar-refractivity contribution in [1.29, 1.82) is 0 Å². The molecular weight excluding hydrogens is 346 g/mol. The first-order valence-electron chi connectivity index (χ1n) is 8.99. The molecule has 0 aliphatic heterocycles. The Morgan fingerprint density at radius 1 is 1.15 bits per heavy atom. The number of hydrogen-bond donors (Lipinski definition) is 3. The summed E-state index contributed by atoms with van der Waals surface area (Å²) in [5.41, 5.74) is 1.65. The Balaban J connectivity index is 1.99. The molecule has 0 aliphatic carbocycles. The summed E-state index contributed by atoms with van der Waals surface area (Å²) in [6.45, 7) is 8.62. The van der Waals surface area contributed by atoms with Gasteiger partial charge in [-0.1, -0.05) is 19.1 Å². The van der Waals surface area contributed by atoms with Crippen molar-refractivity contribution in [1.82, 2.24) is 20.9 Å². The fraction of sp³-hybridized carbons (Fsp3) is 0.421. The van der Waals surface area contributed by atoms with Crippen LogP contribution in [0.2, 0.25) is 0 Å². The summed E-state index contributed by atoms with van der Waals surface area (Å²) < 4.78 is 0. The van der Waals surface area contributed by atoms with Crippen LogP contribution in [0.3, 0.4) is 0 Å². The zero-order valence-corrected chi connectivity index (χ0v) is 16.4. The van der Waals surface area contributed by atoms with Gasteiger partial charge < -0.3 is 16.0 Å². The summed E-state index contributed by atoms with van der Waals surface area (Å²) in [5, 5.41) is 10.4. The fourth-order valence-corrected chi connectivity index (χ4v) is 3.14. The van der Waals surface area contributed by atoms with Gasteiger partial charge >= 0.3 is 0 Å². The Kier molecular flexibility index (Phi) is 8.08. The Hall–Kier alpha value is -2.41. The van der Waals surface area contributed by atoms with E-state index in [9.17, 15) is 4.79 Å². The van der Waals surface area contributed by atoms with Crippen LogP contribution < -0.4 is 16.0 Å². The van der Waals surface area contributed by atoms with Gasteiger partial charge in [0, 0.05) is 29.7 Å². The van der Waals surface area contributed by atoms with Crippen molar-refractivity contribution in [2.75, 3.05) is 13.1 Å². The van der Waals surface area contributed by atoms with E-state index in [1.807, 2.05) is 44.3 Å². The Morgan fingerprint density at radius 3 is 2.65 bits per heavy atom.